The molecule has 2 bridgehead atoms. The lowest BCUT2D eigenvalue weighted by Gasteiger charge is -2.33. The second-order valence-electron chi connectivity index (χ2n) is 12.9. The Hall–Kier alpha value is -3.93. The van der Waals surface area contributed by atoms with Crippen LogP contribution in [0.1, 0.15) is 71.2 Å². The van der Waals surface area contributed by atoms with Crippen molar-refractivity contribution < 1.29 is 28.6 Å². The van der Waals surface area contributed by atoms with E-state index in [0.29, 0.717) is 42.5 Å². The highest BCUT2D eigenvalue weighted by Gasteiger charge is 2.40. The van der Waals surface area contributed by atoms with E-state index in [0.717, 1.165) is 12.8 Å². The maximum atomic E-state index is 14.2. The molecule has 0 saturated carbocycles. The smallest absolute Gasteiger partial charge is 0.319 e. The maximum absolute atomic E-state index is 14.2. The molecular weight excluding hydrogens is 552 g/mol. The monoisotopic (exact) mass is 594 g/mol. The third-order valence-corrected chi connectivity index (χ3v) is 7.40. The number of aromatic nitrogens is 2. The Morgan fingerprint density at radius 3 is 2.40 bits per heavy atom. The number of fused-ring (bicyclic) bond motifs is 3. The van der Waals surface area contributed by atoms with Gasteiger partial charge in [0.1, 0.15) is 16.8 Å². The minimum atomic E-state index is -0.789. The van der Waals surface area contributed by atoms with E-state index >= 15 is 0 Å². The van der Waals surface area contributed by atoms with Crippen molar-refractivity contribution in [3.8, 4) is 17.1 Å². The number of carbonyl (C=O) groups is 3. The fraction of sp³-hybridized carbons (Fsp3) is 0.581. The van der Waals surface area contributed by atoms with Gasteiger partial charge >= 0.3 is 12.0 Å². The van der Waals surface area contributed by atoms with Gasteiger partial charge in [0.05, 0.1) is 30.9 Å². The van der Waals surface area contributed by atoms with Crippen LogP contribution in [0.5, 0.6) is 5.88 Å². The van der Waals surface area contributed by atoms with Crippen molar-refractivity contribution in [2.24, 2.45) is 0 Å². The molecule has 1 aromatic carbocycles. The number of urea groups is 1. The zero-order valence-electron chi connectivity index (χ0n) is 25.9. The predicted molar refractivity (Wildman–Crippen MR) is 161 cm³/mol. The van der Waals surface area contributed by atoms with Crippen molar-refractivity contribution in [3.05, 3.63) is 29.8 Å². The minimum Gasteiger partial charge on any atom is -0.469 e. The molecule has 232 valence electrons. The van der Waals surface area contributed by atoms with E-state index in [9.17, 15) is 14.4 Å². The molecule has 2 atom stereocenters. The summed E-state index contributed by atoms with van der Waals surface area (Å²) in [5.41, 5.74) is 0.516. The van der Waals surface area contributed by atoms with E-state index in [4.69, 9.17) is 24.2 Å². The molecule has 43 heavy (non-hydrogen) atoms. The van der Waals surface area contributed by atoms with Gasteiger partial charge in [0.2, 0.25) is 11.8 Å². The fourth-order valence-corrected chi connectivity index (χ4v) is 5.65. The van der Waals surface area contributed by atoms with Crippen LogP contribution in [-0.2, 0) is 14.3 Å². The number of hydrogen-bond donors (Lipinski definition) is 2. The van der Waals surface area contributed by atoms with Crippen LogP contribution >= 0.6 is 0 Å². The third-order valence-electron chi connectivity index (χ3n) is 7.40. The van der Waals surface area contributed by atoms with Gasteiger partial charge in [0.25, 0.3) is 5.91 Å². The van der Waals surface area contributed by atoms with Crippen LogP contribution in [-0.4, -0.2) is 88.9 Å². The summed E-state index contributed by atoms with van der Waals surface area (Å²) in [6.07, 6.45) is 2.26. The van der Waals surface area contributed by atoms with Gasteiger partial charge in [-0.1, -0.05) is 12.1 Å². The summed E-state index contributed by atoms with van der Waals surface area (Å²) in [6.45, 7) is 13.3. The molecule has 4 heterocycles. The second kappa shape index (κ2) is 12.0. The molecule has 2 N–H and O–H groups in total. The Labute approximate surface area is 252 Å². The van der Waals surface area contributed by atoms with E-state index < -0.39 is 11.2 Å². The van der Waals surface area contributed by atoms with Crippen molar-refractivity contribution in [2.75, 3.05) is 42.9 Å². The molecule has 2 fully saturated rings. The number of anilines is 2. The van der Waals surface area contributed by atoms with Gasteiger partial charge in [-0.3, -0.25) is 9.59 Å². The lowest BCUT2D eigenvalue weighted by molar-refractivity contribution is -0.155. The largest absolute Gasteiger partial charge is 0.469 e. The highest BCUT2D eigenvalue weighted by atomic mass is 16.6. The molecule has 12 nitrogen and oxygen atoms in total. The molecule has 3 aliphatic rings. The lowest BCUT2D eigenvalue weighted by atomic mass is 10.0. The summed E-state index contributed by atoms with van der Waals surface area (Å²) in [7, 11) is 0. The summed E-state index contributed by atoms with van der Waals surface area (Å²) in [5.74, 6) is -0.0212. The summed E-state index contributed by atoms with van der Waals surface area (Å²) in [4.78, 5) is 52.3. The first kappa shape index (κ1) is 30.5. The lowest BCUT2D eigenvalue weighted by Crippen LogP contribution is -2.44. The number of morpholine rings is 1. The van der Waals surface area contributed by atoms with Gasteiger partial charge in [-0.05, 0) is 66.5 Å². The molecule has 12 heteroatoms. The highest BCUT2D eigenvalue weighted by Crippen LogP contribution is 2.38. The molecule has 0 spiro atoms. The number of nitrogens with one attached hydrogen (secondary N) is 2. The maximum Gasteiger partial charge on any atom is 0.319 e. The minimum absolute atomic E-state index is 0.0411. The van der Waals surface area contributed by atoms with Crippen molar-refractivity contribution in [3.63, 3.8) is 0 Å². The first-order valence-electron chi connectivity index (χ1n) is 15.0. The van der Waals surface area contributed by atoms with Gasteiger partial charge in [-0.25, -0.2) is 9.78 Å². The number of esters is 1. The summed E-state index contributed by atoms with van der Waals surface area (Å²) < 4.78 is 18.0. The molecule has 1 aromatic heterocycles. The van der Waals surface area contributed by atoms with Gasteiger partial charge in [-0.15, -0.1) is 0 Å². The van der Waals surface area contributed by atoms with E-state index in [1.165, 1.54) is 0 Å². The zero-order valence-corrected chi connectivity index (χ0v) is 25.9. The summed E-state index contributed by atoms with van der Waals surface area (Å²) >= 11 is 0. The first-order valence-corrected chi connectivity index (χ1v) is 15.0. The number of rotatable bonds is 7. The third kappa shape index (κ3) is 7.35. The standard InChI is InChI=1S/C31H42N6O6/c1-7-32-29(40)33-20-10-8-19(9-11-20)25-24-26(35-28(34-25)37-16-21-12-13-22(17-37)41-21)43-31(5,6)18-36(27(24)39)15-14-23(38)42-30(2,3)4/h8-11,21-22H,7,12-18H2,1-6H3,(H2,32,33,40). The predicted octanol–water partition coefficient (Wildman–Crippen LogP) is 4.00. The van der Waals surface area contributed by atoms with Gasteiger partial charge in [-0.2, -0.15) is 4.98 Å². The number of amides is 3. The molecule has 2 unspecified atom stereocenters. The first-order chi connectivity index (χ1) is 20.3. The highest BCUT2D eigenvalue weighted by molar-refractivity contribution is 6.03. The molecule has 0 aliphatic carbocycles. The summed E-state index contributed by atoms with van der Waals surface area (Å²) in [6, 6.07) is 6.85. The van der Waals surface area contributed by atoms with Crippen LogP contribution in [0.4, 0.5) is 16.4 Å². The van der Waals surface area contributed by atoms with Crippen LogP contribution in [0.3, 0.4) is 0 Å². The van der Waals surface area contributed by atoms with Crippen molar-refractivity contribution in [2.45, 2.75) is 84.2 Å². The Morgan fingerprint density at radius 1 is 1.09 bits per heavy atom. The second-order valence-corrected chi connectivity index (χ2v) is 12.9. The Balaban J connectivity index is 1.53. The van der Waals surface area contributed by atoms with Crippen LogP contribution in [0, 0.1) is 0 Å². The number of nitrogens with zero attached hydrogens (tertiary/aromatic N) is 4. The number of carbonyl (C=O) groups excluding carboxylic acids is 3. The van der Waals surface area contributed by atoms with E-state index in [1.807, 2.05) is 53.7 Å². The number of hydrogen-bond acceptors (Lipinski definition) is 9. The summed E-state index contributed by atoms with van der Waals surface area (Å²) in [5, 5.41) is 5.50. The quantitative estimate of drug-likeness (QED) is 0.456. The van der Waals surface area contributed by atoms with Crippen LogP contribution in [0.2, 0.25) is 0 Å². The molecule has 3 amide bonds. The topological polar surface area (TPSA) is 135 Å². The molecule has 5 rings (SSSR count). The van der Waals surface area contributed by atoms with Crippen molar-refractivity contribution in [1.82, 2.24) is 20.2 Å². The Morgan fingerprint density at radius 2 is 1.77 bits per heavy atom. The Bertz CT molecular complexity index is 1360. The molecule has 2 aromatic rings. The fourth-order valence-electron chi connectivity index (χ4n) is 5.65. The molecule has 2 saturated heterocycles. The Kier molecular flexibility index (Phi) is 8.51. The van der Waals surface area contributed by atoms with Crippen LogP contribution in [0.15, 0.2) is 24.3 Å². The van der Waals surface area contributed by atoms with Crippen molar-refractivity contribution in [1.29, 1.82) is 0 Å². The molecular formula is C31H42N6O6. The number of benzene rings is 1. The normalized spacial score (nSPS) is 21.0. The van der Waals surface area contributed by atoms with Gasteiger partial charge < -0.3 is 34.6 Å². The molecule has 0 radical (unpaired) electrons. The van der Waals surface area contributed by atoms with Crippen LogP contribution in [0.25, 0.3) is 11.3 Å². The van der Waals surface area contributed by atoms with E-state index in [1.54, 1.807) is 17.0 Å². The van der Waals surface area contributed by atoms with Crippen LogP contribution < -0.4 is 20.3 Å². The molecule has 3 aliphatic heterocycles. The number of ether oxygens (including phenoxy) is 3. The van der Waals surface area contributed by atoms with E-state index in [-0.39, 0.29) is 61.1 Å². The van der Waals surface area contributed by atoms with Crippen molar-refractivity contribution >= 4 is 29.5 Å². The van der Waals surface area contributed by atoms with Gasteiger partial charge in [0.15, 0.2) is 0 Å². The zero-order chi connectivity index (χ0) is 30.9. The SMILES string of the molecule is CCNC(=O)Nc1ccc(-c2nc(N3CC4CCC(C3)O4)nc3c2C(=O)N(CCC(=O)OC(C)(C)C)CC(C)(C)O3)cc1. The average Bonchev–Trinajstić information content (AvgIpc) is 3.21. The average molecular weight is 595 g/mol. The van der Waals surface area contributed by atoms with Gasteiger partial charge in [0, 0.05) is 37.4 Å². The van der Waals surface area contributed by atoms with E-state index in [2.05, 4.69) is 15.5 Å².